The minimum atomic E-state index is 0.746. The predicted octanol–water partition coefficient (Wildman–Crippen LogP) is 8.57. The van der Waals surface area contributed by atoms with Crippen LogP contribution < -0.4 is 4.74 Å². The molecule has 0 saturated carbocycles. The van der Waals surface area contributed by atoms with Crippen molar-refractivity contribution in [2.24, 2.45) is 0 Å². The summed E-state index contributed by atoms with van der Waals surface area (Å²) in [4.78, 5) is 9.95. The lowest BCUT2D eigenvalue weighted by Gasteiger charge is -2.19. The highest BCUT2D eigenvalue weighted by Crippen LogP contribution is 2.43. The molecule has 1 heterocycles. The summed E-state index contributed by atoms with van der Waals surface area (Å²) in [7, 11) is 0. The van der Waals surface area contributed by atoms with E-state index in [2.05, 4.69) is 60.7 Å². The molecule has 0 atom stereocenters. The normalized spacial score (nSPS) is 13.5. The van der Waals surface area contributed by atoms with E-state index in [0.29, 0.717) is 0 Å². The van der Waals surface area contributed by atoms with Crippen LogP contribution in [0.5, 0.6) is 11.5 Å². The predicted molar refractivity (Wildman–Crippen MR) is 144 cm³/mol. The summed E-state index contributed by atoms with van der Waals surface area (Å²) >= 11 is 0. The largest absolute Gasteiger partial charge is 0.457 e. The summed E-state index contributed by atoms with van der Waals surface area (Å²) < 4.78 is 6.47. The van der Waals surface area contributed by atoms with Crippen molar-refractivity contribution >= 4 is 38.2 Å². The van der Waals surface area contributed by atoms with Crippen molar-refractivity contribution in [2.45, 2.75) is 12.8 Å². The molecule has 1 aliphatic carbocycles. The van der Waals surface area contributed by atoms with Gasteiger partial charge in [-0.1, -0.05) is 72.8 Å². The molecule has 0 aliphatic heterocycles. The first-order chi connectivity index (χ1) is 17.3. The maximum absolute atomic E-state index is 6.47. The Morgan fingerprint density at radius 2 is 1.37 bits per heavy atom. The molecule has 0 saturated heterocycles. The summed E-state index contributed by atoms with van der Waals surface area (Å²) in [6.07, 6.45) is 8.93. The maximum atomic E-state index is 6.47. The summed E-state index contributed by atoms with van der Waals surface area (Å²) in [6, 6.07) is 30.9. The van der Waals surface area contributed by atoms with Crippen molar-refractivity contribution in [3.63, 3.8) is 0 Å². The van der Waals surface area contributed by atoms with Gasteiger partial charge in [-0.25, -0.2) is 9.97 Å². The Labute approximate surface area is 203 Å². The molecule has 0 unspecified atom stereocenters. The lowest BCUT2D eigenvalue weighted by atomic mass is 9.89. The topological polar surface area (TPSA) is 35.0 Å². The van der Waals surface area contributed by atoms with Gasteiger partial charge in [0, 0.05) is 21.7 Å². The Hall–Kier alpha value is -4.50. The summed E-state index contributed by atoms with van der Waals surface area (Å²) in [5.74, 6) is 2.42. The van der Waals surface area contributed by atoms with E-state index < -0.39 is 0 Å². The van der Waals surface area contributed by atoms with Gasteiger partial charge >= 0.3 is 0 Å². The van der Waals surface area contributed by atoms with Crippen molar-refractivity contribution in [3.05, 3.63) is 115 Å². The molecule has 5 aromatic carbocycles. The Morgan fingerprint density at radius 1 is 0.657 bits per heavy atom. The van der Waals surface area contributed by atoms with Gasteiger partial charge in [0.1, 0.15) is 11.5 Å². The molecule has 0 spiro atoms. The second-order valence-corrected chi connectivity index (χ2v) is 8.90. The molecule has 3 nitrogen and oxygen atoms in total. The van der Waals surface area contributed by atoms with Crippen LogP contribution in [0.2, 0.25) is 0 Å². The van der Waals surface area contributed by atoms with Crippen molar-refractivity contribution < 1.29 is 4.74 Å². The zero-order chi connectivity index (χ0) is 23.2. The fraction of sp³-hybridized carbons (Fsp3) is 0.0625. The van der Waals surface area contributed by atoms with Crippen molar-refractivity contribution in [3.8, 4) is 22.9 Å². The van der Waals surface area contributed by atoms with Crippen LogP contribution in [0.15, 0.2) is 109 Å². The molecule has 1 aromatic heterocycles. The van der Waals surface area contributed by atoms with Gasteiger partial charge in [-0.3, -0.25) is 0 Å². The zero-order valence-electron chi connectivity index (χ0n) is 19.1. The molecule has 166 valence electrons. The van der Waals surface area contributed by atoms with Crippen LogP contribution in [0.3, 0.4) is 0 Å². The van der Waals surface area contributed by atoms with Crippen LogP contribution in [0.1, 0.15) is 18.4 Å². The third kappa shape index (κ3) is 3.36. The lowest BCUT2D eigenvalue weighted by Crippen LogP contribution is -1.97. The van der Waals surface area contributed by atoms with E-state index in [0.717, 1.165) is 62.9 Å². The quantitative estimate of drug-likeness (QED) is 0.252. The van der Waals surface area contributed by atoms with Crippen LogP contribution in [0.25, 0.3) is 49.5 Å². The number of hydrogen-bond acceptors (Lipinski definition) is 3. The average molecular weight is 451 g/mol. The van der Waals surface area contributed by atoms with Gasteiger partial charge in [-0.05, 0) is 65.8 Å². The first-order valence-electron chi connectivity index (χ1n) is 12.0. The fourth-order valence-corrected chi connectivity index (χ4v) is 5.08. The summed E-state index contributed by atoms with van der Waals surface area (Å²) in [6.45, 7) is 0. The minimum absolute atomic E-state index is 0.746. The number of allylic oxidation sites excluding steroid dienone is 4. The first kappa shape index (κ1) is 19.9. The smallest absolute Gasteiger partial charge is 0.160 e. The molecule has 0 N–H and O–H groups in total. The van der Waals surface area contributed by atoms with Crippen LogP contribution in [0, 0.1) is 0 Å². The van der Waals surface area contributed by atoms with Gasteiger partial charge in [0.2, 0.25) is 0 Å². The highest BCUT2D eigenvalue weighted by Gasteiger charge is 2.19. The third-order valence-corrected chi connectivity index (χ3v) is 6.71. The highest BCUT2D eigenvalue weighted by molar-refractivity contribution is 6.25. The van der Waals surface area contributed by atoms with Crippen LogP contribution >= 0.6 is 0 Å². The maximum Gasteiger partial charge on any atom is 0.160 e. The first-order valence-corrected chi connectivity index (χ1v) is 12.0. The van der Waals surface area contributed by atoms with Gasteiger partial charge in [-0.15, -0.1) is 0 Å². The Kier molecular flexibility index (Phi) is 4.59. The SMILES string of the molecule is C1=CC(c2cc(Oc3ccccc3)c3ccc4nc(-c5ccccc5)nc5ccc2c3c45)=CCC1. The Bertz CT molecular complexity index is 1730. The number of nitrogens with zero attached hydrogens (tertiary/aromatic N) is 2. The molecule has 6 aromatic rings. The van der Waals surface area contributed by atoms with Crippen LogP contribution in [0.4, 0.5) is 0 Å². The molecule has 1 aliphatic rings. The molecule has 35 heavy (non-hydrogen) atoms. The number of rotatable bonds is 4. The molecular formula is C32H22N2O. The number of hydrogen-bond donors (Lipinski definition) is 0. The van der Waals surface area contributed by atoms with Gasteiger partial charge in [0.15, 0.2) is 5.82 Å². The lowest BCUT2D eigenvalue weighted by molar-refractivity contribution is 0.488. The monoisotopic (exact) mass is 450 g/mol. The number of benzene rings is 5. The number of para-hydroxylation sites is 1. The standard InChI is InChI=1S/C32H22N2O/c1-4-10-21(11-5-1)26-20-29(35-23-14-8-3-9-15-23)25-17-19-28-31-27(18-16-24(26)30(25)31)33-32(34-28)22-12-6-2-7-13-22/h2-4,6-20H,1,5H2. The minimum Gasteiger partial charge on any atom is -0.457 e. The summed E-state index contributed by atoms with van der Waals surface area (Å²) in [5.41, 5.74) is 5.33. The molecule has 0 radical (unpaired) electrons. The second-order valence-electron chi connectivity index (χ2n) is 8.90. The van der Waals surface area contributed by atoms with Gasteiger partial charge in [-0.2, -0.15) is 0 Å². The summed E-state index contributed by atoms with van der Waals surface area (Å²) in [5, 5.41) is 4.51. The molecular weight excluding hydrogens is 428 g/mol. The van der Waals surface area contributed by atoms with Crippen LogP contribution in [-0.4, -0.2) is 9.97 Å². The van der Waals surface area contributed by atoms with Gasteiger partial charge in [0.05, 0.1) is 11.0 Å². The number of ether oxygens (including phenoxy) is 1. The fourth-order valence-electron chi connectivity index (χ4n) is 5.08. The van der Waals surface area contributed by atoms with Gasteiger partial charge < -0.3 is 4.74 Å². The molecule has 3 heteroatoms. The Morgan fingerprint density at radius 3 is 2.09 bits per heavy atom. The molecule has 7 rings (SSSR count). The Balaban J connectivity index is 1.54. The van der Waals surface area contributed by atoms with E-state index in [1.165, 1.54) is 16.5 Å². The van der Waals surface area contributed by atoms with E-state index in [9.17, 15) is 0 Å². The number of aromatic nitrogens is 2. The average Bonchev–Trinajstić information content (AvgIpc) is 2.93. The highest BCUT2D eigenvalue weighted by atomic mass is 16.5. The van der Waals surface area contributed by atoms with Crippen molar-refractivity contribution in [1.29, 1.82) is 0 Å². The molecule has 0 fully saturated rings. The van der Waals surface area contributed by atoms with Crippen molar-refractivity contribution in [1.82, 2.24) is 9.97 Å². The van der Waals surface area contributed by atoms with Crippen molar-refractivity contribution in [2.75, 3.05) is 0 Å². The van der Waals surface area contributed by atoms with Crippen LogP contribution in [-0.2, 0) is 0 Å². The molecule has 0 amide bonds. The van der Waals surface area contributed by atoms with E-state index in [-0.39, 0.29) is 0 Å². The van der Waals surface area contributed by atoms with E-state index in [1.807, 2.05) is 48.5 Å². The van der Waals surface area contributed by atoms with Gasteiger partial charge in [0.25, 0.3) is 0 Å². The molecule has 0 bridgehead atoms. The van der Waals surface area contributed by atoms with E-state index in [1.54, 1.807) is 0 Å². The van der Waals surface area contributed by atoms with E-state index >= 15 is 0 Å². The van der Waals surface area contributed by atoms with E-state index in [4.69, 9.17) is 14.7 Å². The zero-order valence-corrected chi connectivity index (χ0v) is 19.1. The second kappa shape index (κ2) is 8.07. The third-order valence-electron chi connectivity index (χ3n) is 6.71.